The summed E-state index contributed by atoms with van der Waals surface area (Å²) < 4.78 is 0. The van der Waals surface area contributed by atoms with Gasteiger partial charge < -0.3 is 16.0 Å². The van der Waals surface area contributed by atoms with Gasteiger partial charge in [0.1, 0.15) is 0 Å². The lowest BCUT2D eigenvalue weighted by Gasteiger charge is -2.40. The SMILES string of the molecule is O=C(C[C@@H]1N[C@H]2CCCC[C@@H]2NC1=O)Nc1ccccc1Cl. The van der Waals surface area contributed by atoms with Crippen LogP contribution in [-0.2, 0) is 9.59 Å². The summed E-state index contributed by atoms with van der Waals surface area (Å²) in [4.78, 5) is 24.3. The monoisotopic (exact) mass is 321 g/mol. The molecule has 2 aliphatic rings. The van der Waals surface area contributed by atoms with Gasteiger partial charge in [0, 0.05) is 12.1 Å². The third-order valence-corrected chi connectivity index (χ3v) is 4.69. The van der Waals surface area contributed by atoms with E-state index in [0.717, 1.165) is 19.3 Å². The van der Waals surface area contributed by atoms with Crippen LogP contribution in [0.4, 0.5) is 5.69 Å². The Morgan fingerprint density at radius 3 is 2.73 bits per heavy atom. The molecule has 3 rings (SSSR count). The summed E-state index contributed by atoms with van der Waals surface area (Å²) in [7, 11) is 0. The maximum absolute atomic E-state index is 12.1. The van der Waals surface area contributed by atoms with E-state index in [1.165, 1.54) is 6.42 Å². The molecule has 2 fully saturated rings. The van der Waals surface area contributed by atoms with E-state index in [1.54, 1.807) is 24.3 Å². The van der Waals surface area contributed by atoms with E-state index in [9.17, 15) is 9.59 Å². The van der Waals surface area contributed by atoms with E-state index in [-0.39, 0.29) is 30.3 Å². The van der Waals surface area contributed by atoms with Crippen molar-refractivity contribution in [2.45, 2.75) is 50.2 Å². The van der Waals surface area contributed by atoms with Gasteiger partial charge in [-0.3, -0.25) is 9.59 Å². The normalized spacial score (nSPS) is 27.7. The molecule has 1 aliphatic carbocycles. The summed E-state index contributed by atoms with van der Waals surface area (Å²) in [5.41, 5.74) is 0.570. The maximum atomic E-state index is 12.1. The Morgan fingerprint density at radius 1 is 1.23 bits per heavy atom. The molecule has 3 N–H and O–H groups in total. The summed E-state index contributed by atoms with van der Waals surface area (Å²) in [6, 6.07) is 7.09. The van der Waals surface area contributed by atoms with Crippen LogP contribution in [0.2, 0.25) is 5.02 Å². The number of rotatable bonds is 3. The van der Waals surface area contributed by atoms with Crippen LogP contribution in [0.25, 0.3) is 0 Å². The molecule has 6 heteroatoms. The van der Waals surface area contributed by atoms with Gasteiger partial charge in [0.15, 0.2) is 0 Å². The zero-order chi connectivity index (χ0) is 15.5. The molecule has 1 saturated heterocycles. The fraction of sp³-hybridized carbons (Fsp3) is 0.500. The summed E-state index contributed by atoms with van der Waals surface area (Å²) >= 11 is 6.02. The largest absolute Gasteiger partial charge is 0.350 e. The molecule has 3 atom stereocenters. The van der Waals surface area contributed by atoms with Gasteiger partial charge in [0.2, 0.25) is 11.8 Å². The molecule has 1 aromatic rings. The third kappa shape index (κ3) is 3.42. The maximum Gasteiger partial charge on any atom is 0.237 e. The van der Waals surface area contributed by atoms with Gasteiger partial charge in [-0.1, -0.05) is 36.6 Å². The number of carbonyl (C=O) groups excluding carboxylic acids is 2. The molecule has 1 aliphatic heterocycles. The zero-order valence-corrected chi connectivity index (χ0v) is 13.0. The first kappa shape index (κ1) is 15.3. The Balaban J connectivity index is 1.59. The van der Waals surface area contributed by atoms with Crippen molar-refractivity contribution in [3.8, 4) is 0 Å². The van der Waals surface area contributed by atoms with Crippen LogP contribution < -0.4 is 16.0 Å². The zero-order valence-electron chi connectivity index (χ0n) is 12.3. The lowest BCUT2D eigenvalue weighted by atomic mass is 9.87. The highest BCUT2D eigenvalue weighted by Crippen LogP contribution is 2.23. The molecular weight excluding hydrogens is 302 g/mol. The lowest BCUT2D eigenvalue weighted by molar-refractivity contribution is -0.129. The van der Waals surface area contributed by atoms with Crippen molar-refractivity contribution in [2.24, 2.45) is 0 Å². The minimum absolute atomic E-state index is 0.0857. The van der Waals surface area contributed by atoms with Gasteiger partial charge >= 0.3 is 0 Å². The van der Waals surface area contributed by atoms with Crippen LogP contribution in [0.3, 0.4) is 0 Å². The highest BCUT2D eigenvalue weighted by atomic mass is 35.5. The lowest BCUT2D eigenvalue weighted by Crippen LogP contribution is -2.65. The third-order valence-electron chi connectivity index (χ3n) is 4.36. The fourth-order valence-electron chi connectivity index (χ4n) is 3.22. The molecule has 0 unspecified atom stereocenters. The number of benzene rings is 1. The number of piperazine rings is 1. The molecule has 1 heterocycles. The topological polar surface area (TPSA) is 70.2 Å². The summed E-state index contributed by atoms with van der Waals surface area (Å²) in [5, 5.41) is 9.62. The van der Waals surface area contributed by atoms with Crippen LogP contribution in [0.15, 0.2) is 24.3 Å². The number of nitrogens with one attached hydrogen (secondary N) is 3. The molecule has 0 radical (unpaired) electrons. The summed E-state index contributed by atoms with van der Waals surface area (Å²) in [6.07, 6.45) is 4.50. The molecule has 0 aromatic heterocycles. The summed E-state index contributed by atoms with van der Waals surface area (Å²) in [5.74, 6) is -0.299. The number of anilines is 1. The first-order valence-corrected chi connectivity index (χ1v) is 8.12. The van der Waals surface area contributed by atoms with E-state index >= 15 is 0 Å². The Morgan fingerprint density at radius 2 is 1.95 bits per heavy atom. The van der Waals surface area contributed by atoms with Crippen molar-refractivity contribution in [2.75, 3.05) is 5.32 Å². The Kier molecular flexibility index (Phi) is 4.64. The van der Waals surface area contributed by atoms with Crippen LogP contribution in [-0.4, -0.2) is 29.9 Å². The van der Waals surface area contributed by atoms with Gasteiger partial charge in [-0.25, -0.2) is 0 Å². The molecule has 1 saturated carbocycles. The fourth-order valence-corrected chi connectivity index (χ4v) is 3.40. The average molecular weight is 322 g/mol. The molecule has 0 bridgehead atoms. The minimum atomic E-state index is -0.471. The number of hydrogen-bond acceptors (Lipinski definition) is 3. The van der Waals surface area contributed by atoms with Gasteiger partial charge in [-0.2, -0.15) is 0 Å². The van der Waals surface area contributed by atoms with Crippen molar-refractivity contribution in [1.82, 2.24) is 10.6 Å². The highest BCUT2D eigenvalue weighted by molar-refractivity contribution is 6.33. The van der Waals surface area contributed by atoms with Crippen molar-refractivity contribution >= 4 is 29.1 Å². The standard InChI is InChI=1S/C16H20ClN3O2/c17-10-5-1-2-6-11(10)19-15(21)9-14-16(22)20-13-8-4-3-7-12(13)18-14/h1-2,5-6,12-14,18H,3-4,7-9H2,(H,19,21)(H,20,22)/t12-,13-,14-/m0/s1. The summed E-state index contributed by atoms with van der Waals surface area (Å²) in [6.45, 7) is 0. The number of fused-ring (bicyclic) bond motifs is 1. The first-order chi connectivity index (χ1) is 10.6. The van der Waals surface area contributed by atoms with Crippen LogP contribution in [0.5, 0.6) is 0 Å². The van der Waals surface area contributed by atoms with E-state index < -0.39 is 6.04 Å². The molecule has 22 heavy (non-hydrogen) atoms. The van der Waals surface area contributed by atoms with Crippen LogP contribution >= 0.6 is 11.6 Å². The molecule has 0 spiro atoms. The van der Waals surface area contributed by atoms with E-state index in [0.29, 0.717) is 10.7 Å². The number of para-hydroxylation sites is 1. The van der Waals surface area contributed by atoms with Gasteiger partial charge in [0.05, 0.1) is 23.2 Å². The predicted octanol–water partition coefficient (Wildman–Crippen LogP) is 2.07. The number of halogens is 1. The second kappa shape index (κ2) is 6.67. The number of hydrogen-bond donors (Lipinski definition) is 3. The number of carbonyl (C=O) groups is 2. The van der Waals surface area contributed by atoms with Crippen LogP contribution in [0.1, 0.15) is 32.1 Å². The number of amides is 2. The minimum Gasteiger partial charge on any atom is -0.350 e. The van der Waals surface area contributed by atoms with Crippen molar-refractivity contribution in [3.05, 3.63) is 29.3 Å². The van der Waals surface area contributed by atoms with Gasteiger partial charge in [-0.05, 0) is 25.0 Å². The second-order valence-electron chi connectivity index (χ2n) is 5.96. The van der Waals surface area contributed by atoms with E-state index in [2.05, 4.69) is 16.0 Å². The average Bonchev–Trinajstić information content (AvgIpc) is 2.50. The quantitative estimate of drug-likeness (QED) is 0.798. The van der Waals surface area contributed by atoms with Crippen LogP contribution in [0, 0.1) is 0 Å². The van der Waals surface area contributed by atoms with E-state index in [1.807, 2.05) is 0 Å². The highest BCUT2D eigenvalue weighted by Gasteiger charge is 2.36. The molecule has 2 amide bonds. The Hall–Kier alpha value is -1.59. The van der Waals surface area contributed by atoms with Gasteiger partial charge in [0.25, 0.3) is 0 Å². The molecule has 1 aromatic carbocycles. The van der Waals surface area contributed by atoms with Crippen molar-refractivity contribution in [1.29, 1.82) is 0 Å². The van der Waals surface area contributed by atoms with E-state index in [4.69, 9.17) is 11.6 Å². The molecule has 5 nitrogen and oxygen atoms in total. The predicted molar refractivity (Wildman–Crippen MR) is 85.8 cm³/mol. The Bertz CT molecular complexity index is 578. The van der Waals surface area contributed by atoms with Crippen molar-refractivity contribution < 1.29 is 9.59 Å². The molecular formula is C16H20ClN3O2. The Labute approximate surface area is 134 Å². The second-order valence-corrected chi connectivity index (χ2v) is 6.36. The first-order valence-electron chi connectivity index (χ1n) is 7.74. The smallest absolute Gasteiger partial charge is 0.237 e. The van der Waals surface area contributed by atoms with Gasteiger partial charge in [-0.15, -0.1) is 0 Å². The molecule has 118 valence electrons. The van der Waals surface area contributed by atoms with Crippen molar-refractivity contribution in [3.63, 3.8) is 0 Å².